The molecule has 4 fully saturated rings. The van der Waals surface area contributed by atoms with Crippen molar-refractivity contribution in [1.29, 1.82) is 0 Å². The van der Waals surface area contributed by atoms with Gasteiger partial charge in [-0.2, -0.15) is 0 Å². The molecule has 2 heteroatoms. The molecule has 0 radical (unpaired) electrons. The summed E-state index contributed by atoms with van der Waals surface area (Å²) in [6.07, 6.45) is 9.31. The molecule has 4 rings (SSSR count). The van der Waals surface area contributed by atoms with Crippen LogP contribution in [0.4, 0.5) is 0 Å². The van der Waals surface area contributed by atoms with Crippen molar-refractivity contribution in [3.63, 3.8) is 0 Å². The normalized spacial score (nSPS) is 51.2. The molecule has 2 heterocycles. The fourth-order valence-electron chi connectivity index (χ4n) is 4.14. The maximum Gasteiger partial charge on any atom is 0.0719 e. The van der Waals surface area contributed by atoms with E-state index >= 15 is 0 Å². The molecule has 3 unspecified atom stereocenters. The van der Waals surface area contributed by atoms with Gasteiger partial charge in [-0.3, -0.25) is 0 Å². The Morgan fingerprint density at radius 3 is 2.47 bits per heavy atom. The maximum absolute atomic E-state index is 6.04. The third-order valence-electron chi connectivity index (χ3n) is 5.29. The lowest BCUT2D eigenvalue weighted by Gasteiger charge is -2.37. The van der Waals surface area contributed by atoms with Crippen LogP contribution in [-0.2, 0) is 9.47 Å². The fraction of sp³-hybridized carbons (Fsp3) is 1.00. The third kappa shape index (κ3) is 1.18. The molecule has 0 aromatic carbocycles. The van der Waals surface area contributed by atoms with Gasteiger partial charge in [0, 0.05) is 6.61 Å². The van der Waals surface area contributed by atoms with Gasteiger partial charge in [0.15, 0.2) is 0 Å². The molecule has 3 atom stereocenters. The van der Waals surface area contributed by atoms with Crippen molar-refractivity contribution in [2.24, 2.45) is 11.8 Å². The van der Waals surface area contributed by atoms with E-state index in [1.807, 2.05) is 0 Å². The first-order valence-electron chi connectivity index (χ1n) is 6.60. The molecule has 2 saturated heterocycles. The van der Waals surface area contributed by atoms with Crippen molar-refractivity contribution < 1.29 is 9.47 Å². The number of hydrogen-bond donors (Lipinski definition) is 0. The Balaban J connectivity index is 1.44. The molecule has 4 aliphatic rings. The molecule has 2 spiro atoms. The van der Waals surface area contributed by atoms with E-state index in [2.05, 4.69) is 0 Å². The highest BCUT2D eigenvalue weighted by Crippen LogP contribution is 2.61. The Kier molecular flexibility index (Phi) is 1.67. The zero-order valence-corrected chi connectivity index (χ0v) is 9.34. The number of hydrogen-bond acceptors (Lipinski definition) is 2. The van der Waals surface area contributed by atoms with E-state index in [1.165, 1.54) is 44.9 Å². The molecule has 2 aliphatic carbocycles. The van der Waals surface area contributed by atoms with Crippen molar-refractivity contribution in [3.8, 4) is 0 Å². The van der Waals surface area contributed by atoms with E-state index < -0.39 is 0 Å². The zero-order valence-electron chi connectivity index (χ0n) is 9.34. The van der Waals surface area contributed by atoms with Gasteiger partial charge >= 0.3 is 0 Å². The molecule has 15 heavy (non-hydrogen) atoms. The Bertz CT molecular complexity index is 276. The summed E-state index contributed by atoms with van der Waals surface area (Å²) in [5.74, 6) is 1.67. The van der Waals surface area contributed by atoms with Crippen LogP contribution in [0.3, 0.4) is 0 Å². The van der Waals surface area contributed by atoms with Crippen molar-refractivity contribution >= 4 is 0 Å². The smallest absolute Gasteiger partial charge is 0.0719 e. The number of ether oxygens (including phenoxy) is 2. The predicted molar refractivity (Wildman–Crippen MR) is 56.7 cm³/mol. The summed E-state index contributed by atoms with van der Waals surface area (Å²) in [4.78, 5) is 0. The SMILES string of the molecule is C1CC2(C1)CC(C1CC13CCCO3)CO2. The van der Waals surface area contributed by atoms with Crippen LogP contribution in [0.1, 0.15) is 44.9 Å². The van der Waals surface area contributed by atoms with Gasteiger partial charge < -0.3 is 9.47 Å². The monoisotopic (exact) mass is 208 g/mol. The van der Waals surface area contributed by atoms with E-state index in [0.29, 0.717) is 11.2 Å². The standard InChI is InChI=1S/C13H20O2/c1-3-12(4-1)7-10(9-15-12)11-8-13(11)5-2-6-14-13/h10-11H,1-9H2. The van der Waals surface area contributed by atoms with E-state index in [9.17, 15) is 0 Å². The summed E-state index contributed by atoms with van der Waals surface area (Å²) in [5, 5.41) is 0. The van der Waals surface area contributed by atoms with Gasteiger partial charge in [-0.15, -0.1) is 0 Å². The number of rotatable bonds is 1. The quantitative estimate of drug-likeness (QED) is 0.659. The van der Waals surface area contributed by atoms with Gasteiger partial charge in [0.2, 0.25) is 0 Å². The zero-order chi connectivity index (χ0) is 9.93. The molecule has 84 valence electrons. The van der Waals surface area contributed by atoms with E-state index in [-0.39, 0.29) is 0 Å². The Labute approximate surface area is 91.3 Å². The van der Waals surface area contributed by atoms with Crippen molar-refractivity contribution in [2.75, 3.05) is 13.2 Å². The summed E-state index contributed by atoms with van der Waals surface area (Å²) >= 11 is 0. The first-order chi connectivity index (χ1) is 7.32. The van der Waals surface area contributed by atoms with Crippen LogP contribution in [-0.4, -0.2) is 24.4 Å². The van der Waals surface area contributed by atoms with E-state index in [1.54, 1.807) is 0 Å². The van der Waals surface area contributed by atoms with Gasteiger partial charge in [-0.05, 0) is 56.8 Å². The van der Waals surface area contributed by atoms with E-state index in [4.69, 9.17) is 9.47 Å². The van der Waals surface area contributed by atoms with Gasteiger partial charge in [0.1, 0.15) is 0 Å². The lowest BCUT2D eigenvalue weighted by atomic mass is 9.75. The first kappa shape index (κ1) is 9.00. The molecular weight excluding hydrogens is 188 g/mol. The average Bonchev–Trinajstić information content (AvgIpc) is 2.63. The van der Waals surface area contributed by atoms with Crippen molar-refractivity contribution in [1.82, 2.24) is 0 Å². The molecule has 2 aliphatic heterocycles. The summed E-state index contributed by atoms with van der Waals surface area (Å²) < 4.78 is 12.0. The molecule has 0 N–H and O–H groups in total. The largest absolute Gasteiger partial charge is 0.375 e. The molecular formula is C13H20O2. The highest BCUT2D eigenvalue weighted by molar-refractivity contribution is 5.12. The van der Waals surface area contributed by atoms with Crippen LogP contribution in [0.2, 0.25) is 0 Å². The van der Waals surface area contributed by atoms with Crippen molar-refractivity contribution in [3.05, 3.63) is 0 Å². The summed E-state index contributed by atoms with van der Waals surface area (Å²) in [5.41, 5.74) is 0.677. The van der Waals surface area contributed by atoms with Crippen molar-refractivity contribution in [2.45, 2.75) is 56.1 Å². The van der Waals surface area contributed by atoms with E-state index in [0.717, 1.165) is 25.0 Å². The topological polar surface area (TPSA) is 18.5 Å². The average molecular weight is 208 g/mol. The second kappa shape index (κ2) is 2.78. The molecule has 2 nitrogen and oxygen atoms in total. The first-order valence-corrected chi connectivity index (χ1v) is 6.60. The Morgan fingerprint density at radius 2 is 1.87 bits per heavy atom. The van der Waals surface area contributed by atoms with Gasteiger partial charge in [0.25, 0.3) is 0 Å². The van der Waals surface area contributed by atoms with Crippen LogP contribution in [0.5, 0.6) is 0 Å². The predicted octanol–water partition coefficient (Wildman–Crippen LogP) is 2.51. The van der Waals surface area contributed by atoms with Gasteiger partial charge in [-0.25, -0.2) is 0 Å². The Morgan fingerprint density at radius 1 is 0.933 bits per heavy atom. The van der Waals surface area contributed by atoms with Crippen LogP contribution in [0.15, 0.2) is 0 Å². The summed E-state index contributed by atoms with van der Waals surface area (Å²) in [6.45, 7) is 2.03. The fourth-order valence-corrected chi connectivity index (χ4v) is 4.14. The minimum Gasteiger partial charge on any atom is -0.375 e. The van der Waals surface area contributed by atoms with Gasteiger partial charge in [-0.1, -0.05) is 0 Å². The molecule has 0 amide bonds. The summed E-state index contributed by atoms with van der Waals surface area (Å²) in [6, 6.07) is 0. The lowest BCUT2D eigenvalue weighted by Crippen LogP contribution is -2.36. The highest BCUT2D eigenvalue weighted by atomic mass is 16.5. The van der Waals surface area contributed by atoms with Gasteiger partial charge in [0.05, 0.1) is 17.8 Å². The van der Waals surface area contributed by atoms with Crippen LogP contribution in [0, 0.1) is 11.8 Å². The maximum atomic E-state index is 6.04. The molecule has 0 aromatic rings. The van der Waals surface area contributed by atoms with Crippen LogP contribution in [0.25, 0.3) is 0 Å². The second-order valence-corrected chi connectivity index (χ2v) is 6.14. The minimum atomic E-state index is 0.337. The second-order valence-electron chi connectivity index (χ2n) is 6.14. The third-order valence-corrected chi connectivity index (χ3v) is 5.29. The molecule has 0 bridgehead atoms. The Hall–Kier alpha value is -0.0800. The van der Waals surface area contributed by atoms with Crippen LogP contribution >= 0.6 is 0 Å². The molecule has 2 saturated carbocycles. The summed E-state index contributed by atoms with van der Waals surface area (Å²) in [7, 11) is 0. The molecule has 0 aromatic heterocycles. The lowest BCUT2D eigenvalue weighted by molar-refractivity contribution is -0.0566. The highest BCUT2D eigenvalue weighted by Gasteiger charge is 2.62. The van der Waals surface area contributed by atoms with Crippen LogP contribution < -0.4 is 0 Å². The minimum absolute atomic E-state index is 0.337.